The van der Waals surface area contributed by atoms with Gasteiger partial charge >= 0.3 is 0 Å². The van der Waals surface area contributed by atoms with Crippen molar-refractivity contribution in [3.05, 3.63) is 69.5 Å². The highest BCUT2D eigenvalue weighted by molar-refractivity contribution is 7.92. The van der Waals surface area contributed by atoms with Crippen LogP contribution < -0.4 is 9.62 Å². The van der Waals surface area contributed by atoms with Gasteiger partial charge in [-0.05, 0) is 49.4 Å². The van der Waals surface area contributed by atoms with Crippen molar-refractivity contribution in [1.82, 2.24) is 10.2 Å². The van der Waals surface area contributed by atoms with Gasteiger partial charge in [0.15, 0.2) is 0 Å². The lowest BCUT2D eigenvalue weighted by Gasteiger charge is -2.34. The molecule has 3 rings (SSSR count). The third-order valence-electron chi connectivity index (χ3n) is 6.96. The van der Waals surface area contributed by atoms with E-state index in [9.17, 15) is 32.5 Å². The predicted molar refractivity (Wildman–Crippen MR) is 146 cm³/mol. The van der Waals surface area contributed by atoms with E-state index in [1.54, 1.807) is 13.8 Å². The second-order valence-corrected chi connectivity index (χ2v) is 11.8. The summed E-state index contributed by atoms with van der Waals surface area (Å²) in [6.45, 7) is 2.62. The van der Waals surface area contributed by atoms with Crippen LogP contribution in [0.15, 0.2) is 42.5 Å². The third-order valence-corrected chi connectivity index (χ3v) is 8.08. The molecule has 10 nitrogen and oxygen atoms in total. The molecule has 0 unspecified atom stereocenters. The van der Waals surface area contributed by atoms with E-state index in [2.05, 4.69) is 5.32 Å². The summed E-state index contributed by atoms with van der Waals surface area (Å²) < 4.78 is 40.0. The molecule has 0 saturated heterocycles. The molecule has 212 valence electrons. The summed E-state index contributed by atoms with van der Waals surface area (Å²) in [7, 11) is -4.05. The van der Waals surface area contributed by atoms with Crippen LogP contribution in [0, 0.1) is 22.9 Å². The lowest BCUT2D eigenvalue weighted by Crippen LogP contribution is -2.54. The average molecular weight is 563 g/mol. The summed E-state index contributed by atoms with van der Waals surface area (Å²) in [5.74, 6) is -1.46. The highest BCUT2D eigenvalue weighted by Crippen LogP contribution is 2.28. The predicted octanol–water partition coefficient (Wildman–Crippen LogP) is 4.06. The highest BCUT2D eigenvalue weighted by Gasteiger charge is 2.33. The zero-order valence-electron chi connectivity index (χ0n) is 22.4. The molecule has 1 aliphatic rings. The molecule has 1 saturated carbocycles. The van der Waals surface area contributed by atoms with Crippen LogP contribution in [0.25, 0.3) is 0 Å². The number of halogens is 1. The van der Waals surface area contributed by atoms with Crippen molar-refractivity contribution >= 4 is 33.2 Å². The molecular weight excluding hydrogens is 527 g/mol. The second kappa shape index (κ2) is 13.0. The standard InChI is InChI=1S/C27H35FN4O6S/c1-4-24(27(34)29-22-8-6-5-7-9-22)30(17-20-11-13-21(28)14-12-20)26(33)18-31(39(3,37)38)25-16-23(32(35)36)15-10-19(25)2/h10-16,22,24H,4-9,17-18H2,1-3H3,(H,29,34)/t24-/m1/s1. The van der Waals surface area contributed by atoms with E-state index < -0.39 is 39.3 Å². The molecule has 1 aliphatic carbocycles. The molecule has 0 radical (unpaired) electrons. The van der Waals surface area contributed by atoms with Crippen molar-refractivity contribution in [3.63, 3.8) is 0 Å². The first-order chi connectivity index (χ1) is 18.4. The van der Waals surface area contributed by atoms with Crippen LogP contribution in [-0.2, 0) is 26.2 Å². The molecule has 1 N–H and O–H groups in total. The molecule has 1 fully saturated rings. The van der Waals surface area contributed by atoms with Gasteiger partial charge in [0.1, 0.15) is 18.4 Å². The number of nitrogens with zero attached hydrogens (tertiary/aromatic N) is 3. The lowest BCUT2D eigenvalue weighted by molar-refractivity contribution is -0.384. The SMILES string of the molecule is CC[C@H](C(=O)NC1CCCCC1)N(Cc1ccc(F)cc1)C(=O)CN(c1cc([N+](=O)[O-])ccc1C)S(C)(=O)=O. The zero-order chi connectivity index (χ0) is 28.7. The summed E-state index contributed by atoms with van der Waals surface area (Å²) in [4.78, 5) is 39.2. The van der Waals surface area contributed by atoms with Gasteiger partial charge in [-0.3, -0.25) is 24.0 Å². The number of nitrogens with one attached hydrogen (secondary N) is 1. The molecule has 0 aliphatic heterocycles. The maximum absolute atomic E-state index is 13.8. The molecule has 2 aromatic carbocycles. The van der Waals surface area contributed by atoms with Gasteiger partial charge in [-0.2, -0.15) is 0 Å². The second-order valence-electron chi connectivity index (χ2n) is 9.91. The van der Waals surface area contributed by atoms with E-state index in [1.807, 2.05) is 0 Å². The topological polar surface area (TPSA) is 130 Å². The Labute approximate surface area is 228 Å². The van der Waals surface area contributed by atoms with Crippen molar-refractivity contribution in [2.75, 3.05) is 17.1 Å². The van der Waals surface area contributed by atoms with E-state index in [0.717, 1.165) is 48.7 Å². The number of carbonyl (C=O) groups is 2. The number of amides is 2. The Morgan fingerprint density at radius 2 is 1.77 bits per heavy atom. The number of non-ortho nitro benzene ring substituents is 1. The monoisotopic (exact) mass is 562 g/mol. The minimum atomic E-state index is -4.05. The normalized spacial score (nSPS) is 14.9. The number of anilines is 1. The van der Waals surface area contributed by atoms with E-state index in [4.69, 9.17) is 0 Å². The first-order valence-corrected chi connectivity index (χ1v) is 14.8. The minimum absolute atomic E-state index is 0.00138. The minimum Gasteiger partial charge on any atom is -0.352 e. The molecule has 39 heavy (non-hydrogen) atoms. The van der Waals surface area contributed by atoms with Crippen LogP contribution in [0.2, 0.25) is 0 Å². The number of sulfonamides is 1. The molecule has 0 bridgehead atoms. The Balaban J connectivity index is 1.97. The van der Waals surface area contributed by atoms with Gasteiger partial charge < -0.3 is 10.2 Å². The Morgan fingerprint density at radius 1 is 1.13 bits per heavy atom. The average Bonchev–Trinajstić information content (AvgIpc) is 2.88. The molecular formula is C27H35FN4O6S. The Bertz CT molecular complexity index is 1300. The van der Waals surface area contributed by atoms with Gasteiger partial charge in [-0.15, -0.1) is 0 Å². The number of rotatable bonds is 11. The smallest absolute Gasteiger partial charge is 0.271 e. The number of nitro groups is 1. The van der Waals surface area contributed by atoms with E-state index >= 15 is 0 Å². The summed E-state index contributed by atoms with van der Waals surface area (Å²) in [5, 5.41) is 14.4. The van der Waals surface area contributed by atoms with E-state index in [-0.39, 0.29) is 36.3 Å². The highest BCUT2D eigenvalue weighted by atomic mass is 32.2. The van der Waals surface area contributed by atoms with E-state index in [1.165, 1.54) is 41.3 Å². The fourth-order valence-electron chi connectivity index (χ4n) is 4.83. The number of aryl methyl sites for hydroxylation is 1. The Morgan fingerprint density at radius 3 is 2.33 bits per heavy atom. The van der Waals surface area contributed by atoms with E-state index in [0.29, 0.717) is 11.1 Å². The number of nitro benzene ring substituents is 1. The summed E-state index contributed by atoms with van der Waals surface area (Å²) in [6, 6.07) is 8.37. The number of carbonyl (C=O) groups excluding carboxylic acids is 2. The van der Waals surface area contributed by atoms with Gasteiger partial charge in [0, 0.05) is 24.7 Å². The van der Waals surface area contributed by atoms with Crippen LogP contribution in [-0.4, -0.2) is 54.9 Å². The fourth-order valence-corrected chi connectivity index (χ4v) is 5.72. The summed E-state index contributed by atoms with van der Waals surface area (Å²) in [5.41, 5.74) is 0.664. The molecule has 2 amide bonds. The quantitative estimate of drug-likeness (QED) is 0.325. The number of benzene rings is 2. The van der Waals surface area contributed by atoms with Crippen molar-refractivity contribution in [2.24, 2.45) is 0 Å². The van der Waals surface area contributed by atoms with Crippen LogP contribution in [0.3, 0.4) is 0 Å². The van der Waals surface area contributed by atoms with Crippen LogP contribution in [0.5, 0.6) is 0 Å². The third kappa shape index (κ3) is 7.98. The summed E-state index contributed by atoms with van der Waals surface area (Å²) in [6.07, 6.45) is 6.00. The number of hydrogen-bond acceptors (Lipinski definition) is 6. The molecule has 0 aromatic heterocycles. The van der Waals surface area contributed by atoms with Crippen molar-refractivity contribution in [1.29, 1.82) is 0 Å². The van der Waals surface area contributed by atoms with Gasteiger partial charge in [-0.1, -0.05) is 44.4 Å². The molecule has 2 aromatic rings. The van der Waals surface area contributed by atoms with Crippen molar-refractivity contribution in [2.45, 2.75) is 71.0 Å². The first-order valence-electron chi connectivity index (χ1n) is 13.0. The lowest BCUT2D eigenvalue weighted by atomic mass is 9.95. The number of hydrogen-bond donors (Lipinski definition) is 1. The maximum atomic E-state index is 13.8. The molecule has 0 heterocycles. The molecule has 0 spiro atoms. The maximum Gasteiger partial charge on any atom is 0.271 e. The van der Waals surface area contributed by atoms with Gasteiger partial charge in [0.05, 0.1) is 16.9 Å². The molecule has 1 atom stereocenters. The van der Waals surface area contributed by atoms with Gasteiger partial charge in [0.25, 0.3) is 5.69 Å². The van der Waals surface area contributed by atoms with Gasteiger partial charge in [0.2, 0.25) is 21.8 Å². The Kier molecular flexibility index (Phi) is 10.0. The summed E-state index contributed by atoms with van der Waals surface area (Å²) >= 11 is 0. The van der Waals surface area contributed by atoms with Crippen LogP contribution in [0.1, 0.15) is 56.6 Å². The largest absolute Gasteiger partial charge is 0.352 e. The van der Waals surface area contributed by atoms with Gasteiger partial charge in [-0.25, -0.2) is 12.8 Å². The molecule has 12 heteroatoms. The van der Waals surface area contributed by atoms with Crippen LogP contribution in [0.4, 0.5) is 15.8 Å². The zero-order valence-corrected chi connectivity index (χ0v) is 23.2. The van der Waals surface area contributed by atoms with Crippen molar-refractivity contribution < 1.29 is 27.3 Å². The Hall–Kier alpha value is -3.54. The first kappa shape index (κ1) is 30.0. The van der Waals surface area contributed by atoms with Crippen LogP contribution >= 0.6 is 0 Å². The van der Waals surface area contributed by atoms with Crippen molar-refractivity contribution in [3.8, 4) is 0 Å². The fraction of sp³-hybridized carbons (Fsp3) is 0.481.